The van der Waals surface area contributed by atoms with Gasteiger partial charge in [-0.15, -0.1) is 0 Å². The second-order valence-corrected chi connectivity index (χ2v) is 11.4. The highest BCUT2D eigenvalue weighted by Gasteiger charge is 2.33. The predicted molar refractivity (Wildman–Crippen MR) is 148 cm³/mol. The molecule has 0 bridgehead atoms. The molecular weight excluding hydrogens is 510 g/mol. The summed E-state index contributed by atoms with van der Waals surface area (Å²) in [5, 5.41) is 3.16. The van der Waals surface area contributed by atoms with E-state index < -0.39 is 28.5 Å². The third-order valence-corrected chi connectivity index (χ3v) is 7.43. The largest absolute Gasteiger partial charge is 0.357 e. The number of halogens is 1. The number of aryl methyl sites for hydroxylation is 2. The van der Waals surface area contributed by atoms with Crippen molar-refractivity contribution in [3.05, 3.63) is 100 Å². The van der Waals surface area contributed by atoms with E-state index >= 15 is 0 Å². The van der Waals surface area contributed by atoms with Crippen LogP contribution in [0.15, 0.2) is 72.8 Å². The quantitative estimate of drug-likeness (QED) is 0.418. The van der Waals surface area contributed by atoms with Crippen molar-refractivity contribution in [1.82, 2.24) is 10.2 Å². The Bertz CT molecular complexity index is 1360. The highest BCUT2D eigenvalue weighted by atomic mass is 35.5. The number of amides is 2. The van der Waals surface area contributed by atoms with Gasteiger partial charge in [0.15, 0.2) is 0 Å². The Morgan fingerprint density at radius 3 is 2.24 bits per heavy atom. The first kappa shape index (κ1) is 28.2. The molecule has 3 aromatic rings. The lowest BCUT2D eigenvalue weighted by molar-refractivity contribution is -0.139. The van der Waals surface area contributed by atoms with Crippen molar-refractivity contribution < 1.29 is 18.0 Å². The molecule has 0 aliphatic carbocycles. The molecular formula is C28H32ClN3O4S. The molecule has 3 rings (SSSR count). The summed E-state index contributed by atoms with van der Waals surface area (Å²) < 4.78 is 26.8. The van der Waals surface area contributed by atoms with Gasteiger partial charge in [0.2, 0.25) is 21.8 Å². The summed E-state index contributed by atoms with van der Waals surface area (Å²) in [5.74, 6) is -0.854. The monoisotopic (exact) mass is 541 g/mol. The summed E-state index contributed by atoms with van der Waals surface area (Å²) in [5.41, 5.74) is 3.61. The van der Waals surface area contributed by atoms with Gasteiger partial charge in [0.05, 0.1) is 11.9 Å². The van der Waals surface area contributed by atoms with Crippen molar-refractivity contribution in [3.8, 4) is 0 Å². The van der Waals surface area contributed by atoms with Gasteiger partial charge in [-0.05, 0) is 54.3 Å². The van der Waals surface area contributed by atoms with Gasteiger partial charge in [-0.2, -0.15) is 0 Å². The minimum Gasteiger partial charge on any atom is -0.357 e. The molecule has 196 valence electrons. The lowest BCUT2D eigenvalue weighted by Crippen LogP contribution is -2.53. The van der Waals surface area contributed by atoms with Gasteiger partial charge in [-0.25, -0.2) is 8.42 Å². The van der Waals surface area contributed by atoms with Gasteiger partial charge in [0, 0.05) is 25.0 Å². The maximum absolute atomic E-state index is 13.9. The molecule has 3 aromatic carbocycles. The smallest absolute Gasteiger partial charge is 0.244 e. The van der Waals surface area contributed by atoms with E-state index in [1.807, 2.05) is 55.5 Å². The van der Waals surface area contributed by atoms with Crippen LogP contribution in [0.25, 0.3) is 0 Å². The van der Waals surface area contributed by atoms with Crippen LogP contribution in [0.1, 0.15) is 22.3 Å². The number of rotatable bonds is 10. The van der Waals surface area contributed by atoms with E-state index in [0.29, 0.717) is 10.7 Å². The summed E-state index contributed by atoms with van der Waals surface area (Å²) in [6, 6.07) is 21.0. The number of nitrogens with one attached hydrogen (secondary N) is 1. The van der Waals surface area contributed by atoms with E-state index in [4.69, 9.17) is 11.6 Å². The Kier molecular flexibility index (Phi) is 9.34. The van der Waals surface area contributed by atoms with E-state index in [9.17, 15) is 18.0 Å². The summed E-state index contributed by atoms with van der Waals surface area (Å²) in [6.45, 7) is 3.28. The van der Waals surface area contributed by atoms with Gasteiger partial charge in [-0.3, -0.25) is 13.9 Å². The molecule has 0 saturated carbocycles. The lowest BCUT2D eigenvalue weighted by Gasteiger charge is -2.33. The summed E-state index contributed by atoms with van der Waals surface area (Å²) in [7, 11) is -2.30. The molecule has 9 heteroatoms. The van der Waals surface area contributed by atoms with Crippen LogP contribution in [0, 0.1) is 13.8 Å². The molecule has 0 aliphatic rings. The molecule has 37 heavy (non-hydrogen) atoms. The molecule has 0 spiro atoms. The number of carbonyl (C=O) groups is 2. The van der Waals surface area contributed by atoms with Gasteiger partial charge >= 0.3 is 0 Å². The topological polar surface area (TPSA) is 86.8 Å². The van der Waals surface area contributed by atoms with E-state index in [2.05, 4.69) is 5.32 Å². The summed E-state index contributed by atoms with van der Waals surface area (Å²) in [4.78, 5) is 28.5. The Labute approximate surface area is 224 Å². The van der Waals surface area contributed by atoms with Crippen LogP contribution in [0.2, 0.25) is 5.02 Å². The zero-order valence-corrected chi connectivity index (χ0v) is 23.0. The molecule has 1 atom stereocenters. The maximum atomic E-state index is 13.9. The molecule has 0 heterocycles. The fourth-order valence-electron chi connectivity index (χ4n) is 4.14. The van der Waals surface area contributed by atoms with Crippen molar-refractivity contribution in [2.24, 2.45) is 0 Å². The predicted octanol–water partition coefficient (Wildman–Crippen LogP) is 4.11. The van der Waals surface area contributed by atoms with Crippen LogP contribution in [-0.2, 0) is 32.6 Å². The Balaban J connectivity index is 2.06. The first-order valence-electron chi connectivity index (χ1n) is 11.8. The van der Waals surface area contributed by atoms with Crippen LogP contribution in [0.5, 0.6) is 0 Å². The number of carbonyl (C=O) groups excluding carboxylic acids is 2. The number of hydrogen-bond acceptors (Lipinski definition) is 4. The first-order valence-corrected chi connectivity index (χ1v) is 14.1. The van der Waals surface area contributed by atoms with Crippen LogP contribution < -0.4 is 9.62 Å². The zero-order valence-electron chi connectivity index (χ0n) is 21.4. The fourth-order valence-corrected chi connectivity index (χ4v) is 5.25. The Hall–Kier alpha value is -3.36. The molecule has 0 fully saturated rings. The number of likely N-dealkylation sites (N-methyl/N-ethyl adjacent to an activating group) is 1. The highest BCUT2D eigenvalue weighted by Crippen LogP contribution is 2.25. The number of hydrogen-bond donors (Lipinski definition) is 1. The lowest BCUT2D eigenvalue weighted by atomic mass is 10.0. The van der Waals surface area contributed by atoms with E-state index in [0.717, 1.165) is 32.8 Å². The minimum absolute atomic E-state index is 0.0781. The molecule has 0 aliphatic heterocycles. The first-order chi connectivity index (χ1) is 17.5. The molecule has 2 amide bonds. The van der Waals surface area contributed by atoms with Gasteiger partial charge in [-0.1, -0.05) is 66.2 Å². The third-order valence-electron chi connectivity index (χ3n) is 6.07. The highest BCUT2D eigenvalue weighted by molar-refractivity contribution is 7.92. The summed E-state index contributed by atoms with van der Waals surface area (Å²) >= 11 is 6.19. The van der Waals surface area contributed by atoms with Crippen LogP contribution in [-0.4, -0.2) is 51.0 Å². The standard InChI is InChI=1S/C28H32ClN3O4S/c1-20-13-14-21(2)25(15-20)32(37(4,35)36)19-27(33)31(18-23-11-8-12-24(29)16-23)26(28(34)30-3)17-22-9-6-5-7-10-22/h5-16,26H,17-19H2,1-4H3,(H,30,34)/t26-/m1/s1. The molecule has 0 aromatic heterocycles. The van der Waals surface area contributed by atoms with Gasteiger partial charge < -0.3 is 10.2 Å². The normalized spacial score (nSPS) is 12.0. The summed E-state index contributed by atoms with van der Waals surface area (Å²) in [6.07, 6.45) is 1.33. The molecule has 0 saturated heterocycles. The number of benzene rings is 3. The number of nitrogens with zero attached hydrogens (tertiary/aromatic N) is 2. The Morgan fingerprint density at radius 2 is 1.62 bits per heavy atom. The Morgan fingerprint density at radius 1 is 0.946 bits per heavy atom. The van der Waals surface area contributed by atoms with Crippen molar-refractivity contribution in [1.29, 1.82) is 0 Å². The van der Waals surface area contributed by atoms with Crippen LogP contribution in [0.4, 0.5) is 5.69 Å². The molecule has 1 N–H and O–H groups in total. The molecule has 7 nitrogen and oxygen atoms in total. The van der Waals surface area contributed by atoms with E-state index in [1.165, 1.54) is 11.9 Å². The SMILES string of the molecule is CNC(=O)[C@@H](Cc1ccccc1)N(Cc1cccc(Cl)c1)C(=O)CN(c1cc(C)ccc1C)S(C)(=O)=O. The molecule has 0 radical (unpaired) electrons. The second kappa shape index (κ2) is 12.3. The molecule has 0 unspecified atom stereocenters. The third kappa shape index (κ3) is 7.57. The van der Waals surface area contributed by atoms with E-state index in [1.54, 1.807) is 31.2 Å². The minimum atomic E-state index is -3.81. The van der Waals surface area contributed by atoms with E-state index in [-0.39, 0.29) is 18.9 Å². The average molecular weight is 542 g/mol. The van der Waals surface area contributed by atoms with Crippen molar-refractivity contribution >= 4 is 39.1 Å². The van der Waals surface area contributed by atoms with Gasteiger partial charge in [0.1, 0.15) is 12.6 Å². The average Bonchev–Trinajstić information content (AvgIpc) is 2.85. The zero-order chi connectivity index (χ0) is 27.2. The maximum Gasteiger partial charge on any atom is 0.244 e. The van der Waals surface area contributed by atoms with Crippen molar-refractivity contribution in [2.45, 2.75) is 32.9 Å². The number of sulfonamides is 1. The second-order valence-electron chi connectivity index (χ2n) is 9.03. The fraction of sp³-hybridized carbons (Fsp3) is 0.286. The van der Waals surface area contributed by atoms with Crippen molar-refractivity contribution in [3.63, 3.8) is 0 Å². The number of anilines is 1. The van der Waals surface area contributed by atoms with Crippen LogP contribution in [0.3, 0.4) is 0 Å². The van der Waals surface area contributed by atoms with Gasteiger partial charge in [0.25, 0.3) is 0 Å². The van der Waals surface area contributed by atoms with Crippen molar-refractivity contribution in [2.75, 3.05) is 24.2 Å². The van der Waals surface area contributed by atoms with Crippen LogP contribution >= 0.6 is 11.6 Å².